The number of ether oxygens (including phenoxy) is 2. The quantitative estimate of drug-likeness (QED) is 0.216. The van der Waals surface area contributed by atoms with Crippen molar-refractivity contribution in [1.29, 1.82) is 0 Å². The molecule has 0 saturated carbocycles. The van der Waals surface area contributed by atoms with Crippen molar-refractivity contribution in [3.63, 3.8) is 0 Å². The molecule has 9 heteroatoms. The Bertz CT molecular complexity index is 1990. The lowest BCUT2D eigenvalue weighted by Gasteiger charge is -2.08. The lowest BCUT2D eigenvalue weighted by molar-refractivity contribution is 0.338. The van der Waals surface area contributed by atoms with Crippen molar-refractivity contribution in [3.05, 3.63) is 116 Å². The third kappa shape index (κ3) is 5.59. The Hall–Kier alpha value is -5.02. The normalized spacial score (nSPS) is 12.0. The van der Waals surface area contributed by atoms with Crippen molar-refractivity contribution >= 4 is 34.5 Å². The molecule has 6 aromatic rings. The van der Waals surface area contributed by atoms with Crippen LogP contribution < -0.4 is 19.6 Å². The molecule has 210 valence electrons. The fourth-order valence-corrected chi connectivity index (χ4v) is 5.52. The van der Waals surface area contributed by atoms with Gasteiger partial charge >= 0.3 is 0 Å². The van der Waals surface area contributed by atoms with Crippen LogP contribution in [0.15, 0.2) is 83.8 Å². The van der Waals surface area contributed by atoms with E-state index in [-0.39, 0.29) is 5.56 Å². The molecule has 3 aromatic heterocycles. The SMILES string of the molecule is CCOc1ccc(/C=C/c2nc3s/c(=C\c4cn(-c5ccccc5)nc4-c4ccc(OCC)c(C)c4)c(=O)n3n2)cc1. The Balaban J connectivity index is 1.36. The number of nitrogens with zero attached hydrogens (tertiary/aromatic N) is 5. The van der Waals surface area contributed by atoms with Crippen molar-refractivity contribution in [2.45, 2.75) is 20.8 Å². The molecule has 0 N–H and O–H groups in total. The summed E-state index contributed by atoms with van der Waals surface area (Å²) in [5, 5.41) is 9.36. The molecule has 42 heavy (non-hydrogen) atoms. The Morgan fingerprint density at radius 1 is 0.905 bits per heavy atom. The van der Waals surface area contributed by atoms with Gasteiger partial charge in [-0.2, -0.15) is 14.6 Å². The van der Waals surface area contributed by atoms with Gasteiger partial charge in [0.05, 0.1) is 23.4 Å². The van der Waals surface area contributed by atoms with E-state index in [1.54, 1.807) is 6.08 Å². The molecular formula is C33H29N5O3S. The molecular weight excluding hydrogens is 546 g/mol. The first-order valence-electron chi connectivity index (χ1n) is 13.7. The predicted molar refractivity (Wildman–Crippen MR) is 167 cm³/mol. The highest BCUT2D eigenvalue weighted by atomic mass is 32.1. The number of aryl methyl sites for hydroxylation is 1. The zero-order chi connectivity index (χ0) is 29.1. The number of fused-ring (bicyclic) bond motifs is 1. The summed E-state index contributed by atoms with van der Waals surface area (Å²) in [6, 6.07) is 23.7. The standard InChI is InChI=1S/C33H29N5O3S/c1-4-40-27-15-11-23(12-16-27)13-18-30-34-33-38(35-30)32(39)29(42-33)20-25-21-37(26-9-7-6-8-10-26)36-31(25)24-14-17-28(41-5-2)22(3)19-24/h6-21H,4-5H2,1-3H3/b18-13+,29-20-. The van der Waals surface area contributed by atoms with Crippen LogP contribution in [0.5, 0.6) is 11.5 Å². The number of aromatic nitrogens is 5. The topological polar surface area (TPSA) is 83.5 Å². The lowest BCUT2D eigenvalue weighted by Crippen LogP contribution is -2.23. The largest absolute Gasteiger partial charge is 0.494 e. The van der Waals surface area contributed by atoms with Crippen LogP contribution in [-0.2, 0) is 0 Å². The molecule has 0 aliphatic rings. The van der Waals surface area contributed by atoms with Gasteiger partial charge in [-0.15, -0.1) is 5.10 Å². The van der Waals surface area contributed by atoms with E-state index in [1.165, 1.54) is 15.9 Å². The van der Waals surface area contributed by atoms with E-state index < -0.39 is 0 Å². The van der Waals surface area contributed by atoms with Gasteiger partial charge in [0.2, 0.25) is 4.96 Å². The number of para-hydroxylation sites is 1. The second kappa shape index (κ2) is 11.8. The number of hydrogen-bond donors (Lipinski definition) is 0. The molecule has 0 unspecified atom stereocenters. The summed E-state index contributed by atoms with van der Waals surface area (Å²) in [6.45, 7) is 7.16. The molecule has 0 spiro atoms. The maximum atomic E-state index is 13.4. The zero-order valence-corrected chi connectivity index (χ0v) is 24.3. The summed E-state index contributed by atoms with van der Waals surface area (Å²) in [7, 11) is 0. The molecule has 8 nitrogen and oxygen atoms in total. The van der Waals surface area contributed by atoms with Crippen LogP contribution in [0.3, 0.4) is 0 Å². The second-order valence-electron chi connectivity index (χ2n) is 9.54. The van der Waals surface area contributed by atoms with Crippen molar-refractivity contribution < 1.29 is 9.47 Å². The Morgan fingerprint density at radius 2 is 1.69 bits per heavy atom. The van der Waals surface area contributed by atoms with E-state index in [1.807, 2.05) is 111 Å². The Morgan fingerprint density at radius 3 is 2.40 bits per heavy atom. The lowest BCUT2D eigenvalue weighted by atomic mass is 10.0. The van der Waals surface area contributed by atoms with Gasteiger partial charge in [0, 0.05) is 17.3 Å². The molecule has 0 amide bonds. The molecule has 3 heterocycles. The number of thiazole rings is 1. The van der Waals surface area contributed by atoms with Crippen molar-refractivity contribution in [1.82, 2.24) is 24.4 Å². The minimum atomic E-state index is -0.218. The summed E-state index contributed by atoms with van der Waals surface area (Å²) >= 11 is 1.30. The average molecular weight is 576 g/mol. The molecule has 0 saturated heterocycles. The van der Waals surface area contributed by atoms with E-state index in [2.05, 4.69) is 16.1 Å². The van der Waals surface area contributed by atoms with E-state index in [4.69, 9.17) is 14.6 Å². The minimum Gasteiger partial charge on any atom is -0.494 e. The predicted octanol–water partition coefficient (Wildman–Crippen LogP) is 5.83. The van der Waals surface area contributed by atoms with Crippen LogP contribution in [0.4, 0.5) is 0 Å². The maximum absolute atomic E-state index is 13.4. The van der Waals surface area contributed by atoms with E-state index in [0.29, 0.717) is 28.5 Å². The molecule has 0 radical (unpaired) electrons. The highest BCUT2D eigenvalue weighted by molar-refractivity contribution is 7.15. The molecule has 6 rings (SSSR count). The number of benzene rings is 3. The summed E-state index contributed by atoms with van der Waals surface area (Å²) in [4.78, 5) is 18.5. The third-order valence-corrected chi connectivity index (χ3v) is 7.57. The van der Waals surface area contributed by atoms with Crippen LogP contribution in [-0.4, -0.2) is 37.6 Å². The zero-order valence-electron chi connectivity index (χ0n) is 23.5. The first kappa shape index (κ1) is 27.2. The van der Waals surface area contributed by atoms with Crippen LogP contribution in [0.1, 0.15) is 36.4 Å². The first-order valence-corrected chi connectivity index (χ1v) is 14.5. The maximum Gasteiger partial charge on any atom is 0.291 e. The molecule has 0 aliphatic carbocycles. The van der Waals surface area contributed by atoms with Gasteiger partial charge in [-0.05, 0) is 86.5 Å². The monoisotopic (exact) mass is 575 g/mol. The summed E-state index contributed by atoms with van der Waals surface area (Å²) in [5.41, 5.74) is 5.23. The summed E-state index contributed by atoms with van der Waals surface area (Å²) in [5.74, 6) is 2.14. The van der Waals surface area contributed by atoms with Gasteiger partial charge in [-0.25, -0.2) is 4.68 Å². The van der Waals surface area contributed by atoms with Gasteiger partial charge in [0.15, 0.2) is 5.82 Å². The average Bonchev–Trinajstić information content (AvgIpc) is 3.69. The van der Waals surface area contributed by atoms with Crippen molar-refractivity contribution in [2.24, 2.45) is 0 Å². The first-order chi connectivity index (χ1) is 20.5. The van der Waals surface area contributed by atoms with Gasteiger partial charge in [0.25, 0.3) is 5.56 Å². The van der Waals surface area contributed by atoms with Crippen LogP contribution >= 0.6 is 11.3 Å². The Labute approximate surface area is 246 Å². The summed E-state index contributed by atoms with van der Waals surface area (Å²) in [6.07, 6.45) is 7.52. The Kier molecular flexibility index (Phi) is 7.66. The highest BCUT2D eigenvalue weighted by Gasteiger charge is 2.15. The van der Waals surface area contributed by atoms with Crippen molar-refractivity contribution in [3.8, 4) is 28.4 Å². The van der Waals surface area contributed by atoms with Gasteiger partial charge in [0.1, 0.15) is 17.2 Å². The number of hydrogen-bond acceptors (Lipinski definition) is 7. The fraction of sp³-hybridized carbons (Fsp3) is 0.152. The minimum absolute atomic E-state index is 0.218. The second-order valence-corrected chi connectivity index (χ2v) is 10.6. The van der Waals surface area contributed by atoms with Crippen LogP contribution in [0, 0.1) is 6.92 Å². The van der Waals surface area contributed by atoms with Gasteiger partial charge < -0.3 is 9.47 Å². The molecule has 0 bridgehead atoms. The molecule has 0 fully saturated rings. The molecule has 3 aromatic carbocycles. The van der Waals surface area contributed by atoms with E-state index >= 15 is 0 Å². The summed E-state index contributed by atoms with van der Waals surface area (Å²) < 4.78 is 15.0. The molecule has 0 atom stereocenters. The fourth-order valence-electron chi connectivity index (χ4n) is 4.62. The van der Waals surface area contributed by atoms with Gasteiger partial charge in [-0.1, -0.05) is 47.7 Å². The van der Waals surface area contributed by atoms with E-state index in [0.717, 1.165) is 45.1 Å². The highest BCUT2D eigenvalue weighted by Crippen LogP contribution is 2.29. The van der Waals surface area contributed by atoms with Crippen LogP contribution in [0.2, 0.25) is 0 Å². The van der Waals surface area contributed by atoms with Crippen LogP contribution in [0.25, 0.3) is 40.1 Å². The molecule has 0 aliphatic heterocycles. The number of rotatable bonds is 9. The smallest absolute Gasteiger partial charge is 0.291 e. The van der Waals surface area contributed by atoms with Crippen molar-refractivity contribution in [2.75, 3.05) is 13.2 Å². The van der Waals surface area contributed by atoms with Gasteiger partial charge in [-0.3, -0.25) is 4.79 Å². The van der Waals surface area contributed by atoms with E-state index in [9.17, 15) is 4.79 Å². The third-order valence-electron chi connectivity index (χ3n) is 6.61.